The second-order valence-corrected chi connectivity index (χ2v) is 3.34. The van der Waals surface area contributed by atoms with Gasteiger partial charge in [-0.15, -0.1) is 0 Å². The molecule has 0 saturated heterocycles. The second kappa shape index (κ2) is 4.82. The third-order valence-corrected chi connectivity index (χ3v) is 2.31. The molecule has 1 atom stereocenters. The van der Waals surface area contributed by atoms with E-state index in [2.05, 4.69) is 6.58 Å². The maximum atomic E-state index is 9.00. The van der Waals surface area contributed by atoms with Crippen molar-refractivity contribution in [2.45, 2.75) is 6.92 Å². The van der Waals surface area contributed by atoms with Crippen molar-refractivity contribution in [2.24, 2.45) is 5.92 Å². The first-order valence-electron chi connectivity index (χ1n) is 4.63. The zero-order valence-corrected chi connectivity index (χ0v) is 8.66. The van der Waals surface area contributed by atoms with Crippen molar-refractivity contribution in [3.63, 3.8) is 0 Å². The zero-order valence-electron chi connectivity index (χ0n) is 8.66. The minimum absolute atomic E-state index is 0.0853. The molecule has 1 N–H and O–H groups in total. The van der Waals surface area contributed by atoms with Crippen LogP contribution in [-0.2, 0) is 0 Å². The van der Waals surface area contributed by atoms with E-state index in [0.717, 1.165) is 16.9 Å². The number of ether oxygens (including phenoxy) is 1. The number of benzene rings is 1. The molecule has 2 nitrogen and oxygen atoms in total. The van der Waals surface area contributed by atoms with Gasteiger partial charge in [-0.05, 0) is 23.3 Å². The van der Waals surface area contributed by atoms with Gasteiger partial charge in [0.25, 0.3) is 0 Å². The zero-order chi connectivity index (χ0) is 10.6. The van der Waals surface area contributed by atoms with Crippen LogP contribution in [0, 0.1) is 5.92 Å². The van der Waals surface area contributed by atoms with Gasteiger partial charge in [-0.1, -0.05) is 25.6 Å². The molecule has 0 aromatic heterocycles. The fraction of sp³-hybridized carbons (Fsp3) is 0.333. The summed E-state index contributed by atoms with van der Waals surface area (Å²) in [5.41, 5.74) is 1.96. The Morgan fingerprint density at radius 2 is 2.29 bits per heavy atom. The van der Waals surface area contributed by atoms with Crippen molar-refractivity contribution >= 4 is 5.57 Å². The molecular formula is C12H16O2. The van der Waals surface area contributed by atoms with Crippen LogP contribution in [0.2, 0.25) is 0 Å². The first kappa shape index (κ1) is 10.8. The molecule has 0 heterocycles. The van der Waals surface area contributed by atoms with Crippen molar-refractivity contribution in [3.8, 4) is 5.75 Å². The molecule has 0 radical (unpaired) electrons. The summed E-state index contributed by atoms with van der Waals surface area (Å²) in [6.07, 6.45) is 0. The van der Waals surface area contributed by atoms with E-state index in [9.17, 15) is 0 Å². The molecule has 1 aromatic rings. The SMILES string of the molecule is C=C(c1cccc(OC)c1)C(C)CO. The molecule has 1 rings (SSSR count). The van der Waals surface area contributed by atoms with Crippen LogP contribution in [0.25, 0.3) is 5.57 Å². The highest BCUT2D eigenvalue weighted by Crippen LogP contribution is 2.24. The molecule has 0 saturated carbocycles. The van der Waals surface area contributed by atoms with Gasteiger partial charge < -0.3 is 9.84 Å². The number of aliphatic hydroxyl groups is 1. The van der Waals surface area contributed by atoms with Crippen molar-refractivity contribution in [2.75, 3.05) is 13.7 Å². The molecule has 1 unspecified atom stereocenters. The van der Waals surface area contributed by atoms with Crippen LogP contribution in [0.15, 0.2) is 30.8 Å². The van der Waals surface area contributed by atoms with Crippen molar-refractivity contribution in [3.05, 3.63) is 36.4 Å². The number of methoxy groups -OCH3 is 1. The van der Waals surface area contributed by atoms with E-state index >= 15 is 0 Å². The van der Waals surface area contributed by atoms with Crippen LogP contribution in [-0.4, -0.2) is 18.8 Å². The van der Waals surface area contributed by atoms with Gasteiger partial charge in [0.2, 0.25) is 0 Å². The Balaban J connectivity index is 2.90. The quantitative estimate of drug-likeness (QED) is 0.793. The standard InChI is InChI=1S/C12H16O2/c1-9(8-13)10(2)11-5-4-6-12(7-11)14-3/h4-7,9,13H,2,8H2,1,3H3. The second-order valence-electron chi connectivity index (χ2n) is 3.34. The average molecular weight is 192 g/mol. The Kier molecular flexibility index (Phi) is 3.72. The van der Waals surface area contributed by atoms with Gasteiger partial charge in [-0.25, -0.2) is 0 Å². The van der Waals surface area contributed by atoms with Gasteiger partial charge in [0, 0.05) is 12.5 Å². The van der Waals surface area contributed by atoms with E-state index in [1.807, 2.05) is 31.2 Å². The number of aliphatic hydroxyl groups excluding tert-OH is 1. The third-order valence-electron chi connectivity index (χ3n) is 2.31. The fourth-order valence-corrected chi connectivity index (χ4v) is 1.22. The van der Waals surface area contributed by atoms with E-state index in [1.165, 1.54) is 0 Å². The maximum absolute atomic E-state index is 9.00. The summed E-state index contributed by atoms with van der Waals surface area (Å²) in [4.78, 5) is 0. The molecule has 0 aliphatic rings. The molecule has 1 aromatic carbocycles. The summed E-state index contributed by atoms with van der Waals surface area (Å²) in [7, 11) is 1.64. The van der Waals surface area contributed by atoms with Crippen LogP contribution in [0.3, 0.4) is 0 Å². The Morgan fingerprint density at radius 3 is 2.86 bits per heavy atom. The van der Waals surface area contributed by atoms with Gasteiger partial charge >= 0.3 is 0 Å². The van der Waals surface area contributed by atoms with Gasteiger partial charge in [-0.2, -0.15) is 0 Å². The summed E-state index contributed by atoms with van der Waals surface area (Å²) in [6, 6.07) is 7.70. The Hall–Kier alpha value is -1.28. The maximum Gasteiger partial charge on any atom is 0.119 e. The predicted octanol–water partition coefficient (Wildman–Crippen LogP) is 2.34. The van der Waals surface area contributed by atoms with Gasteiger partial charge in [-0.3, -0.25) is 0 Å². The lowest BCUT2D eigenvalue weighted by atomic mass is 9.96. The normalized spacial score (nSPS) is 12.2. The van der Waals surface area contributed by atoms with Gasteiger partial charge in [0.1, 0.15) is 5.75 Å². The first-order valence-corrected chi connectivity index (χ1v) is 4.63. The van der Waals surface area contributed by atoms with Crippen LogP contribution >= 0.6 is 0 Å². The lowest BCUT2D eigenvalue weighted by Gasteiger charge is -2.12. The lowest BCUT2D eigenvalue weighted by Crippen LogP contribution is -2.02. The summed E-state index contributed by atoms with van der Waals surface area (Å²) in [5.74, 6) is 0.899. The molecule has 0 amide bonds. The van der Waals surface area contributed by atoms with E-state index in [1.54, 1.807) is 7.11 Å². The van der Waals surface area contributed by atoms with E-state index in [-0.39, 0.29) is 12.5 Å². The summed E-state index contributed by atoms with van der Waals surface area (Å²) >= 11 is 0. The van der Waals surface area contributed by atoms with E-state index in [4.69, 9.17) is 9.84 Å². The predicted molar refractivity (Wildman–Crippen MR) is 58.3 cm³/mol. The van der Waals surface area contributed by atoms with Gasteiger partial charge in [0.15, 0.2) is 0 Å². The van der Waals surface area contributed by atoms with Crippen LogP contribution in [0.4, 0.5) is 0 Å². The summed E-state index contributed by atoms with van der Waals surface area (Å²) < 4.78 is 5.11. The third kappa shape index (κ3) is 2.36. The van der Waals surface area contributed by atoms with E-state index < -0.39 is 0 Å². The Bertz CT molecular complexity index is 318. The number of rotatable bonds is 4. The summed E-state index contributed by atoms with van der Waals surface area (Å²) in [5, 5.41) is 9.00. The minimum Gasteiger partial charge on any atom is -0.497 e. The average Bonchev–Trinajstić information content (AvgIpc) is 2.27. The molecule has 2 heteroatoms. The number of hydrogen-bond donors (Lipinski definition) is 1. The van der Waals surface area contributed by atoms with Crippen molar-refractivity contribution < 1.29 is 9.84 Å². The molecule has 14 heavy (non-hydrogen) atoms. The fourth-order valence-electron chi connectivity index (χ4n) is 1.22. The summed E-state index contributed by atoms with van der Waals surface area (Å²) in [6.45, 7) is 6.02. The smallest absolute Gasteiger partial charge is 0.119 e. The van der Waals surface area contributed by atoms with E-state index in [0.29, 0.717) is 0 Å². The molecule has 0 fully saturated rings. The van der Waals surface area contributed by atoms with Crippen LogP contribution in [0.5, 0.6) is 5.75 Å². The minimum atomic E-state index is 0.0853. The lowest BCUT2D eigenvalue weighted by molar-refractivity contribution is 0.266. The van der Waals surface area contributed by atoms with Crippen LogP contribution < -0.4 is 4.74 Å². The Morgan fingerprint density at radius 1 is 1.57 bits per heavy atom. The molecular weight excluding hydrogens is 176 g/mol. The van der Waals surface area contributed by atoms with Crippen molar-refractivity contribution in [1.82, 2.24) is 0 Å². The topological polar surface area (TPSA) is 29.5 Å². The molecule has 0 spiro atoms. The number of hydrogen-bond acceptors (Lipinski definition) is 2. The van der Waals surface area contributed by atoms with Crippen LogP contribution in [0.1, 0.15) is 12.5 Å². The molecule has 76 valence electrons. The highest BCUT2D eigenvalue weighted by atomic mass is 16.5. The Labute approximate surface area is 84.8 Å². The monoisotopic (exact) mass is 192 g/mol. The highest BCUT2D eigenvalue weighted by molar-refractivity contribution is 5.66. The molecule has 0 aliphatic carbocycles. The first-order chi connectivity index (χ1) is 6.69. The molecule has 0 bridgehead atoms. The van der Waals surface area contributed by atoms with Crippen molar-refractivity contribution in [1.29, 1.82) is 0 Å². The highest BCUT2D eigenvalue weighted by Gasteiger charge is 2.07. The largest absolute Gasteiger partial charge is 0.497 e. The van der Waals surface area contributed by atoms with Gasteiger partial charge in [0.05, 0.1) is 7.11 Å². The molecule has 0 aliphatic heterocycles.